The van der Waals surface area contributed by atoms with Gasteiger partial charge in [0.05, 0.1) is 34.7 Å². The van der Waals surface area contributed by atoms with Crippen molar-refractivity contribution in [3.05, 3.63) is 91.1 Å². The van der Waals surface area contributed by atoms with Gasteiger partial charge in [-0.1, -0.05) is 17.7 Å². The van der Waals surface area contributed by atoms with Crippen molar-refractivity contribution in [2.24, 2.45) is 25.4 Å². The van der Waals surface area contributed by atoms with Crippen molar-refractivity contribution >= 4 is 50.7 Å². The van der Waals surface area contributed by atoms with E-state index in [1.165, 1.54) is 21.3 Å². The summed E-state index contributed by atoms with van der Waals surface area (Å²) in [6.45, 7) is 3.55. The number of hydrogen-bond acceptors (Lipinski definition) is 8. The number of aryl methyl sites for hydroxylation is 2. The fourth-order valence-electron chi connectivity index (χ4n) is 7.76. The molecule has 236 valence electrons. The van der Waals surface area contributed by atoms with E-state index >= 15 is 0 Å². The molecule has 2 aliphatic heterocycles. The summed E-state index contributed by atoms with van der Waals surface area (Å²) in [6, 6.07) is 10.2. The zero-order valence-electron chi connectivity index (χ0n) is 25.4. The molecule has 2 fully saturated rings. The standard InChI is InChI=1S/C32H29ClN6O6S/c1-15-19-11-16(33)5-8-24(19)46-27(15)21-13-25(36(4)34-21)38-28(41)20-12-22-18(9-10-37-30(43)35(3)31(44)39(22)37)26(32(20,2)29(38)42)23-7-6-17(14-40)45-23/h5-9,11,13,20,22,26,40H,10,12,14H2,1-4H3/t20-,22+,26+,32+/m0/s1. The van der Waals surface area contributed by atoms with Gasteiger partial charge in [0.1, 0.15) is 29.6 Å². The number of carbonyl (C=O) groups is 2. The van der Waals surface area contributed by atoms with Crippen LogP contribution in [-0.4, -0.2) is 40.6 Å². The summed E-state index contributed by atoms with van der Waals surface area (Å²) in [4.78, 5) is 57.5. The molecule has 4 atom stereocenters. The molecule has 5 aromatic rings. The average molecular weight is 661 g/mol. The largest absolute Gasteiger partial charge is 0.463 e. The molecular weight excluding hydrogens is 632 g/mol. The number of aromatic nitrogens is 5. The summed E-state index contributed by atoms with van der Waals surface area (Å²) in [7, 11) is 3.12. The van der Waals surface area contributed by atoms with Crippen molar-refractivity contribution in [3.63, 3.8) is 0 Å². The number of fused-ring (bicyclic) bond motifs is 5. The Morgan fingerprint density at radius 3 is 2.63 bits per heavy atom. The molecule has 0 radical (unpaired) electrons. The molecule has 1 saturated heterocycles. The van der Waals surface area contributed by atoms with E-state index < -0.39 is 46.5 Å². The number of allylic oxidation sites excluding steroid dienone is 2. The topological polar surface area (TPSA) is 138 Å². The summed E-state index contributed by atoms with van der Waals surface area (Å²) in [5, 5.41) is 16.2. The van der Waals surface area contributed by atoms with Crippen LogP contribution in [0.25, 0.3) is 20.7 Å². The maximum atomic E-state index is 14.7. The Balaban J connectivity index is 1.27. The molecule has 1 N–H and O–H groups in total. The summed E-state index contributed by atoms with van der Waals surface area (Å²) in [5.41, 5.74) is 0.1000. The number of aliphatic hydroxyl groups excluding tert-OH is 1. The number of furan rings is 1. The Bertz CT molecular complexity index is 2300. The summed E-state index contributed by atoms with van der Waals surface area (Å²) < 4.78 is 12.4. The normalized spacial score (nSPS) is 24.0. The average Bonchev–Trinajstić information content (AvgIpc) is 3.82. The number of imide groups is 1. The predicted octanol–water partition coefficient (Wildman–Crippen LogP) is 3.88. The van der Waals surface area contributed by atoms with Crippen LogP contribution < -0.4 is 16.3 Å². The molecule has 3 aliphatic rings. The highest BCUT2D eigenvalue weighted by molar-refractivity contribution is 7.22. The molecule has 0 unspecified atom stereocenters. The molecule has 46 heavy (non-hydrogen) atoms. The van der Waals surface area contributed by atoms with Gasteiger partial charge in [0.25, 0.3) is 0 Å². The lowest BCUT2D eigenvalue weighted by Crippen LogP contribution is -2.49. The lowest BCUT2D eigenvalue weighted by Gasteiger charge is -2.45. The molecule has 6 heterocycles. The Hall–Kier alpha value is -4.46. The van der Waals surface area contributed by atoms with E-state index in [0.717, 1.165) is 30.7 Å². The number of anilines is 1. The minimum absolute atomic E-state index is 0.127. The molecule has 12 nitrogen and oxygen atoms in total. The molecule has 1 aliphatic carbocycles. The first-order valence-electron chi connectivity index (χ1n) is 14.8. The fraction of sp³-hybridized carbons (Fsp3) is 0.344. The second kappa shape index (κ2) is 9.77. The van der Waals surface area contributed by atoms with Crippen LogP contribution in [0.1, 0.15) is 42.4 Å². The number of rotatable bonds is 4. The lowest BCUT2D eigenvalue weighted by molar-refractivity contribution is -0.129. The molecule has 1 aromatic carbocycles. The van der Waals surface area contributed by atoms with Gasteiger partial charge in [-0.05, 0) is 67.1 Å². The van der Waals surface area contributed by atoms with Crippen molar-refractivity contribution in [1.82, 2.24) is 23.7 Å². The second-order valence-electron chi connectivity index (χ2n) is 12.4. The monoisotopic (exact) mass is 660 g/mol. The lowest BCUT2D eigenvalue weighted by atomic mass is 9.58. The summed E-state index contributed by atoms with van der Waals surface area (Å²) in [6.07, 6.45) is 2.00. The number of benzene rings is 1. The Morgan fingerprint density at radius 2 is 1.89 bits per heavy atom. The number of carbonyl (C=O) groups excluding carboxylic acids is 2. The molecule has 14 heteroatoms. The highest BCUT2D eigenvalue weighted by Gasteiger charge is 2.66. The number of amides is 2. The second-order valence-corrected chi connectivity index (χ2v) is 13.9. The highest BCUT2D eigenvalue weighted by Crippen LogP contribution is 2.61. The molecular formula is C32H29ClN6O6S. The minimum Gasteiger partial charge on any atom is -0.463 e. The first-order valence-corrected chi connectivity index (χ1v) is 16.0. The smallest absolute Gasteiger partial charge is 0.347 e. The quantitative estimate of drug-likeness (QED) is 0.228. The van der Waals surface area contributed by atoms with Crippen molar-refractivity contribution in [2.75, 3.05) is 4.90 Å². The van der Waals surface area contributed by atoms with E-state index in [1.807, 2.05) is 31.2 Å². The minimum atomic E-state index is -1.29. The number of halogens is 1. The van der Waals surface area contributed by atoms with Crippen molar-refractivity contribution < 1.29 is 19.1 Å². The number of thiophene rings is 1. The van der Waals surface area contributed by atoms with Crippen molar-refractivity contribution in [1.29, 1.82) is 0 Å². The molecule has 8 rings (SSSR count). The first-order chi connectivity index (χ1) is 21.9. The number of aliphatic hydroxyl groups is 1. The van der Waals surface area contributed by atoms with Crippen LogP contribution >= 0.6 is 22.9 Å². The third-order valence-electron chi connectivity index (χ3n) is 10.1. The van der Waals surface area contributed by atoms with Gasteiger partial charge in [-0.15, -0.1) is 11.3 Å². The van der Waals surface area contributed by atoms with Gasteiger partial charge in [0, 0.05) is 29.9 Å². The maximum Gasteiger partial charge on any atom is 0.347 e. The van der Waals surface area contributed by atoms with Crippen LogP contribution in [0.2, 0.25) is 5.02 Å². The molecule has 4 aromatic heterocycles. The number of nitrogens with zero attached hydrogens (tertiary/aromatic N) is 6. The predicted molar refractivity (Wildman–Crippen MR) is 171 cm³/mol. The van der Waals surface area contributed by atoms with Gasteiger partial charge in [-0.25, -0.2) is 28.4 Å². The summed E-state index contributed by atoms with van der Waals surface area (Å²) in [5.74, 6) is -1.37. The van der Waals surface area contributed by atoms with Crippen molar-refractivity contribution in [2.45, 2.75) is 45.4 Å². The van der Waals surface area contributed by atoms with Gasteiger partial charge in [0.2, 0.25) is 11.8 Å². The third-order valence-corrected chi connectivity index (χ3v) is 11.6. The molecule has 0 spiro atoms. The molecule has 2 amide bonds. The van der Waals surface area contributed by atoms with Crippen LogP contribution in [0.15, 0.2) is 62.1 Å². The van der Waals surface area contributed by atoms with E-state index in [1.54, 1.807) is 48.2 Å². The van der Waals surface area contributed by atoms with Gasteiger partial charge >= 0.3 is 11.4 Å². The van der Waals surface area contributed by atoms with Crippen LogP contribution in [0, 0.1) is 18.3 Å². The SMILES string of the molecule is Cc1c(-c2cc(N3C(=O)[C@@H]4C[C@@H]5C(=CCn6c(=O)n(C)c(=O)n65)[C@H](c5ccc(CO)o5)[C@]4(C)C3=O)n(C)n2)sc2ccc(Cl)cc12. The van der Waals surface area contributed by atoms with E-state index in [4.69, 9.17) is 21.1 Å². The Morgan fingerprint density at radius 1 is 1.11 bits per heavy atom. The number of hydrogen-bond donors (Lipinski definition) is 1. The van der Waals surface area contributed by atoms with Gasteiger partial charge in [-0.3, -0.25) is 14.3 Å². The van der Waals surface area contributed by atoms with E-state index in [0.29, 0.717) is 28.1 Å². The zero-order chi connectivity index (χ0) is 32.4. The third kappa shape index (κ3) is 3.67. The molecule has 1 saturated carbocycles. The zero-order valence-corrected chi connectivity index (χ0v) is 26.9. The van der Waals surface area contributed by atoms with Crippen LogP contribution in [-0.2, 0) is 36.8 Å². The van der Waals surface area contributed by atoms with E-state index in [-0.39, 0.29) is 19.6 Å². The summed E-state index contributed by atoms with van der Waals surface area (Å²) >= 11 is 7.83. The van der Waals surface area contributed by atoms with Crippen molar-refractivity contribution in [3.8, 4) is 10.6 Å². The maximum absolute atomic E-state index is 14.7. The first kappa shape index (κ1) is 29.0. The Kier molecular flexibility index (Phi) is 6.15. The Labute approximate surface area is 270 Å². The highest BCUT2D eigenvalue weighted by atomic mass is 35.5. The molecule has 0 bridgehead atoms. The van der Waals surface area contributed by atoms with Gasteiger partial charge < -0.3 is 9.52 Å². The van der Waals surface area contributed by atoms with Crippen LogP contribution in [0.4, 0.5) is 5.82 Å². The van der Waals surface area contributed by atoms with E-state index in [2.05, 4.69) is 0 Å². The van der Waals surface area contributed by atoms with Gasteiger partial charge in [0.15, 0.2) is 0 Å². The van der Waals surface area contributed by atoms with Crippen LogP contribution in [0.5, 0.6) is 0 Å². The van der Waals surface area contributed by atoms with Crippen LogP contribution in [0.3, 0.4) is 0 Å². The van der Waals surface area contributed by atoms with E-state index in [9.17, 15) is 24.3 Å². The fourth-order valence-corrected chi connectivity index (χ4v) is 9.07. The van der Waals surface area contributed by atoms with Gasteiger partial charge in [-0.2, -0.15) is 5.10 Å².